The van der Waals surface area contributed by atoms with Crippen molar-refractivity contribution < 1.29 is 19.4 Å². The van der Waals surface area contributed by atoms with Crippen molar-refractivity contribution in [1.29, 1.82) is 0 Å². The third kappa shape index (κ3) is 4.35. The Balaban J connectivity index is 1.85. The lowest BCUT2D eigenvalue weighted by Gasteiger charge is -2.33. The van der Waals surface area contributed by atoms with Gasteiger partial charge in [-0.3, -0.25) is 9.69 Å². The van der Waals surface area contributed by atoms with Crippen LogP contribution in [0.1, 0.15) is 0 Å². The highest BCUT2D eigenvalue weighted by molar-refractivity contribution is 5.89. The van der Waals surface area contributed by atoms with Crippen LogP contribution in [0.3, 0.4) is 0 Å². The van der Waals surface area contributed by atoms with Crippen molar-refractivity contribution in [3.05, 3.63) is 24.3 Å². The number of carbonyl (C=O) groups is 2. The third-order valence-corrected chi connectivity index (χ3v) is 3.34. The van der Waals surface area contributed by atoms with E-state index >= 15 is 0 Å². The molecule has 0 unspecified atom stereocenters. The highest BCUT2D eigenvalue weighted by atomic mass is 16.5. The highest BCUT2D eigenvalue weighted by Crippen LogP contribution is 2.17. The van der Waals surface area contributed by atoms with Crippen LogP contribution in [-0.2, 0) is 4.79 Å². The Bertz CT molecular complexity index is 513. The molecule has 0 atom stereocenters. The number of benzene rings is 1. The highest BCUT2D eigenvalue weighted by Gasteiger charge is 2.22. The second-order valence-corrected chi connectivity index (χ2v) is 4.82. The van der Waals surface area contributed by atoms with Crippen molar-refractivity contribution in [1.82, 2.24) is 9.80 Å². The van der Waals surface area contributed by atoms with E-state index in [1.165, 1.54) is 0 Å². The number of carbonyl (C=O) groups excluding carboxylic acids is 1. The average molecular weight is 293 g/mol. The van der Waals surface area contributed by atoms with Gasteiger partial charge in [-0.2, -0.15) is 0 Å². The van der Waals surface area contributed by atoms with E-state index in [2.05, 4.69) is 5.32 Å². The van der Waals surface area contributed by atoms with Crippen molar-refractivity contribution in [2.75, 3.05) is 45.2 Å². The normalized spacial score (nSPS) is 15.6. The van der Waals surface area contributed by atoms with E-state index in [1.54, 1.807) is 36.3 Å². The van der Waals surface area contributed by atoms with Gasteiger partial charge in [-0.25, -0.2) is 4.79 Å². The number of carboxylic acid groups (broad SMARTS) is 1. The molecule has 0 aliphatic carbocycles. The summed E-state index contributed by atoms with van der Waals surface area (Å²) < 4.78 is 5.11. The number of hydrogen-bond donors (Lipinski definition) is 2. The molecule has 0 bridgehead atoms. The number of anilines is 1. The molecule has 1 aliphatic rings. The van der Waals surface area contributed by atoms with Gasteiger partial charge in [-0.05, 0) is 12.1 Å². The van der Waals surface area contributed by atoms with E-state index in [1.807, 2.05) is 4.90 Å². The molecular formula is C14H19N3O4. The number of amides is 2. The largest absolute Gasteiger partial charge is 0.497 e. The van der Waals surface area contributed by atoms with Gasteiger partial charge in [-0.15, -0.1) is 0 Å². The summed E-state index contributed by atoms with van der Waals surface area (Å²) in [4.78, 5) is 26.3. The molecule has 1 aromatic rings. The Morgan fingerprint density at radius 1 is 1.29 bits per heavy atom. The van der Waals surface area contributed by atoms with Gasteiger partial charge in [0, 0.05) is 37.9 Å². The van der Waals surface area contributed by atoms with Gasteiger partial charge in [0.15, 0.2) is 0 Å². The van der Waals surface area contributed by atoms with Gasteiger partial charge in [0.2, 0.25) is 0 Å². The number of rotatable bonds is 4. The zero-order valence-corrected chi connectivity index (χ0v) is 11.9. The molecule has 2 rings (SSSR count). The van der Waals surface area contributed by atoms with E-state index < -0.39 is 5.97 Å². The van der Waals surface area contributed by atoms with E-state index in [4.69, 9.17) is 9.84 Å². The first-order chi connectivity index (χ1) is 10.1. The van der Waals surface area contributed by atoms with Crippen LogP contribution in [0.5, 0.6) is 5.75 Å². The Labute approximate surface area is 123 Å². The van der Waals surface area contributed by atoms with Crippen molar-refractivity contribution >= 4 is 17.7 Å². The Kier molecular flexibility index (Phi) is 4.99. The van der Waals surface area contributed by atoms with Gasteiger partial charge < -0.3 is 20.1 Å². The zero-order valence-electron chi connectivity index (χ0n) is 11.9. The first kappa shape index (κ1) is 15.1. The molecule has 0 spiro atoms. The quantitative estimate of drug-likeness (QED) is 0.863. The predicted molar refractivity (Wildman–Crippen MR) is 77.7 cm³/mol. The number of methoxy groups -OCH3 is 1. The molecule has 1 aromatic carbocycles. The molecule has 1 heterocycles. The summed E-state index contributed by atoms with van der Waals surface area (Å²) >= 11 is 0. The predicted octanol–water partition coefficient (Wildman–Crippen LogP) is 0.929. The van der Waals surface area contributed by atoms with Crippen LogP contribution in [0, 0.1) is 0 Å². The topological polar surface area (TPSA) is 82.1 Å². The lowest BCUT2D eigenvalue weighted by molar-refractivity contribution is -0.138. The number of carboxylic acids is 1. The smallest absolute Gasteiger partial charge is 0.321 e. The minimum Gasteiger partial charge on any atom is -0.497 e. The van der Waals surface area contributed by atoms with E-state index in [9.17, 15) is 9.59 Å². The number of nitrogens with one attached hydrogen (secondary N) is 1. The van der Waals surface area contributed by atoms with E-state index in [-0.39, 0.29) is 12.6 Å². The van der Waals surface area contributed by atoms with Crippen molar-refractivity contribution in [2.24, 2.45) is 0 Å². The van der Waals surface area contributed by atoms with Crippen LogP contribution in [0.15, 0.2) is 24.3 Å². The molecule has 1 saturated heterocycles. The second kappa shape index (κ2) is 6.94. The van der Waals surface area contributed by atoms with Crippen LogP contribution < -0.4 is 10.1 Å². The summed E-state index contributed by atoms with van der Waals surface area (Å²) in [6.45, 7) is 2.19. The number of nitrogens with zero attached hydrogens (tertiary/aromatic N) is 2. The fourth-order valence-corrected chi connectivity index (χ4v) is 2.20. The van der Waals surface area contributed by atoms with Crippen LogP contribution in [0.25, 0.3) is 0 Å². The van der Waals surface area contributed by atoms with Crippen LogP contribution >= 0.6 is 0 Å². The summed E-state index contributed by atoms with van der Waals surface area (Å²) in [5, 5.41) is 11.6. The molecule has 21 heavy (non-hydrogen) atoms. The standard InChI is InChI=1S/C14H19N3O4/c1-21-12-4-2-3-11(9-12)15-14(20)17-7-5-16(6-8-17)10-13(18)19/h2-4,9H,5-8,10H2,1H3,(H,15,20)(H,18,19). The SMILES string of the molecule is COc1cccc(NC(=O)N2CCN(CC(=O)O)CC2)c1. The van der Waals surface area contributed by atoms with Crippen LogP contribution in [0.2, 0.25) is 0 Å². The van der Waals surface area contributed by atoms with Gasteiger partial charge in [0.05, 0.1) is 13.7 Å². The maximum absolute atomic E-state index is 12.1. The van der Waals surface area contributed by atoms with Crippen molar-refractivity contribution in [2.45, 2.75) is 0 Å². The number of aliphatic carboxylic acids is 1. The molecular weight excluding hydrogens is 274 g/mol. The number of hydrogen-bond acceptors (Lipinski definition) is 4. The minimum atomic E-state index is -0.843. The number of piperazine rings is 1. The van der Waals surface area contributed by atoms with Crippen molar-refractivity contribution in [3.63, 3.8) is 0 Å². The van der Waals surface area contributed by atoms with Gasteiger partial charge in [0.25, 0.3) is 0 Å². The molecule has 1 fully saturated rings. The third-order valence-electron chi connectivity index (χ3n) is 3.34. The molecule has 0 aromatic heterocycles. The monoisotopic (exact) mass is 293 g/mol. The molecule has 7 nitrogen and oxygen atoms in total. The molecule has 1 aliphatic heterocycles. The average Bonchev–Trinajstić information content (AvgIpc) is 2.47. The summed E-state index contributed by atoms with van der Waals surface area (Å²) in [7, 11) is 1.57. The summed E-state index contributed by atoms with van der Waals surface area (Å²) in [5.74, 6) is -0.164. The number of urea groups is 1. The molecule has 0 radical (unpaired) electrons. The molecule has 0 saturated carbocycles. The lowest BCUT2D eigenvalue weighted by Crippen LogP contribution is -2.51. The molecule has 2 N–H and O–H groups in total. The lowest BCUT2D eigenvalue weighted by atomic mass is 10.3. The fourth-order valence-electron chi connectivity index (χ4n) is 2.20. The molecule has 7 heteroatoms. The Morgan fingerprint density at radius 2 is 2.00 bits per heavy atom. The summed E-state index contributed by atoms with van der Waals surface area (Å²) in [6.07, 6.45) is 0. The Hall–Kier alpha value is -2.28. The first-order valence-corrected chi connectivity index (χ1v) is 6.72. The number of ether oxygens (including phenoxy) is 1. The van der Waals surface area contributed by atoms with E-state index in [0.717, 1.165) is 0 Å². The van der Waals surface area contributed by atoms with Gasteiger partial charge in [-0.1, -0.05) is 6.07 Å². The zero-order chi connectivity index (χ0) is 15.2. The van der Waals surface area contributed by atoms with Gasteiger partial charge in [0.1, 0.15) is 5.75 Å². The van der Waals surface area contributed by atoms with Gasteiger partial charge >= 0.3 is 12.0 Å². The summed E-state index contributed by atoms with van der Waals surface area (Å²) in [5.41, 5.74) is 0.673. The van der Waals surface area contributed by atoms with E-state index in [0.29, 0.717) is 37.6 Å². The second-order valence-electron chi connectivity index (χ2n) is 4.82. The van der Waals surface area contributed by atoms with Crippen LogP contribution in [-0.4, -0.2) is 66.7 Å². The Morgan fingerprint density at radius 3 is 2.62 bits per heavy atom. The summed E-state index contributed by atoms with van der Waals surface area (Å²) in [6, 6.07) is 6.97. The van der Waals surface area contributed by atoms with Crippen molar-refractivity contribution in [3.8, 4) is 5.75 Å². The maximum Gasteiger partial charge on any atom is 0.321 e. The first-order valence-electron chi connectivity index (χ1n) is 6.72. The van der Waals surface area contributed by atoms with Crippen LogP contribution in [0.4, 0.5) is 10.5 Å². The fraction of sp³-hybridized carbons (Fsp3) is 0.429. The molecule has 114 valence electrons. The maximum atomic E-state index is 12.1. The molecule has 2 amide bonds. The minimum absolute atomic E-state index is 0.0192.